The summed E-state index contributed by atoms with van der Waals surface area (Å²) in [6, 6.07) is 8.30. The van der Waals surface area contributed by atoms with E-state index in [-0.39, 0.29) is 11.5 Å². The number of guanidine groups is 1. The molecule has 5 heteroatoms. The Kier molecular flexibility index (Phi) is 7.22. The van der Waals surface area contributed by atoms with Crippen LogP contribution in [0, 0.1) is 11.3 Å². The summed E-state index contributed by atoms with van der Waals surface area (Å²) in [4.78, 5) is 4.41. The van der Waals surface area contributed by atoms with Crippen molar-refractivity contribution in [3.05, 3.63) is 29.8 Å². The van der Waals surface area contributed by atoms with E-state index in [1.165, 1.54) is 31.2 Å². The number of rotatable bonds is 6. The molecular formula is C23H37N3O2. The lowest BCUT2D eigenvalue weighted by Gasteiger charge is -2.40. The third kappa shape index (κ3) is 5.63. The standard InChI is InChI=1S/C23H37N3O2/c1-23(2,3)21-18(10-8-14-27-21)16-26-22(24-4)25-15-17-9-5-6-13-20(17)28-19-11-7-12-19/h5-6,9,13,18-19,21H,7-8,10-12,14-16H2,1-4H3,(H2,24,25,26). The van der Waals surface area contributed by atoms with E-state index in [4.69, 9.17) is 9.47 Å². The molecule has 1 aromatic carbocycles. The second kappa shape index (κ2) is 9.64. The predicted molar refractivity (Wildman–Crippen MR) is 115 cm³/mol. The summed E-state index contributed by atoms with van der Waals surface area (Å²) in [5, 5.41) is 6.96. The minimum Gasteiger partial charge on any atom is -0.490 e. The van der Waals surface area contributed by atoms with Crippen LogP contribution in [0.2, 0.25) is 0 Å². The predicted octanol–water partition coefficient (Wildman–Crippen LogP) is 4.12. The SMILES string of the molecule is CN=C(NCc1ccccc1OC1CCC1)NCC1CCCOC1C(C)(C)C. The summed E-state index contributed by atoms with van der Waals surface area (Å²) in [7, 11) is 1.82. The summed E-state index contributed by atoms with van der Waals surface area (Å²) >= 11 is 0. The zero-order valence-electron chi connectivity index (χ0n) is 18.0. The van der Waals surface area contributed by atoms with Gasteiger partial charge in [-0.05, 0) is 43.6 Å². The highest BCUT2D eigenvalue weighted by atomic mass is 16.5. The van der Waals surface area contributed by atoms with Gasteiger partial charge in [-0.1, -0.05) is 39.0 Å². The van der Waals surface area contributed by atoms with E-state index in [9.17, 15) is 0 Å². The number of benzene rings is 1. The van der Waals surface area contributed by atoms with Crippen LogP contribution in [0.25, 0.3) is 0 Å². The van der Waals surface area contributed by atoms with E-state index in [1.54, 1.807) is 0 Å². The first-order valence-electron chi connectivity index (χ1n) is 10.8. The first-order valence-corrected chi connectivity index (χ1v) is 10.8. The molecule has 3 rings (SSSR count). The Morgan fingerprint density at radius 2 is 1.93 bits per heavy atom. The normalized spacial score (nSPS) is 23.8. The highest BCUT2D eigenvalue weighted by molar-refractivity contribution is 5.79. The molecule has 2 unspecified atom stereocenters. The van der Waals surface area contributed by atoms with Crippen LogP contribution in [0.4, 0.5) is 0 Å². The smallest absolute Gasteiger partial charge is 0.191 e. The molecule has 0 bridgehead atoms. The molecule has 1 aromatic rings. The van der Waals surface area contributed by atoms with Gasteiger partial charge >= 0.3 is 0 Å². The third-order valence-electron chi connectivity index (χ3n) is 5.82. The van der Waals surface area contributed by atoms with Crippen molar-refractivity contribution in [3.63, 3.8) is 0 Å². The van der Waals surface area contributed by atoms with Gasteiger partial charge < -0.3 is 20.1 Å². The van der Waals surface area contributed by atoms with Crippen molar-refractivity contribution in [2.75, 3.05) is 20.2 Å². The van der Waals surface area contributed by atoms with E-state index in [2.05, 4.69) is 54.6 Å². The van der Waals surface area contributed by atoms with E-state index in [0.29, 0.717) is 18.6 Å². The van der Waals surface area contributed by atoms with Gasteiger partial charge in [-0.3, -0.25) is 4.99 Å². The zero-order valence-corrected chi connectivity index (χ0v) is 18.0. The van der Waals surface area contributed by atoms with Crippen LogP contribution in [0.15, 0.2) is 29.3 Å². The minimum absolute atomic E-state index is 0.154. The van der Waals surface area contributed by atoms with Gasteiger partial charge in [0, 0.05) is 38.2 Å². The van der Waals surface area contributed by atoms with Gasteiger partial charge in [-0.2, -0.15) is 0 Å². The van der Waals surface area contributed by atoms with Crippen LogP contribution in [-0.4, -0.2) is 38.4 Å². The Morgan fingerprint density at radius 3 is 2.61 bits per heavy atom. The van der Waals surface area contributed by atoms with Gasteiger partial charge in [-0.25, -0.2) is 0 Å². The molecule has 2 N–H and O–H groups in total. The molecule has 0 radical (unpaired) electrons. The third-order valence-corrected chi connectivity index (χ3v) is 5.82. The Bertz CT molecular complexity index is 649. The molecule has 2 atom stereocenters. The summed E-state index contributed by atoms with van der Waals surface area (Å²) in [5.74, 6) is 2.32. The van der Waals surface area contributed by atoms with Crippen LogP contribution in [0.5, 0.6) is 5.75 Å². The molecule has 28 heavy (non-hydrogen) atoms. The highest BCUT2D eigenvalue weighted by Gasteiger charge is 2.35. The molecule has 1 saturated heterocycles. The van der Waals surface area contributed by atoms with Crippen LogP contribution in [0.1, 0.15) is 58.4 Å². The summed E-state index contributed by atoms with van der Waals surface area (Å²) in [6.07, 6.45) is 6.62. The van der Waals surface area contributed by atoms with Crippen molar-refractivity contribution in [2.24, 2.45) is 16.3 Å². The fraction of sp³-hybridized carbons (Fsp3) is 0.696. The van der Waals surface area contributed by atoms with E-state index in [1.807, 2.05) is 13.1 Å². The number of nitrogens with one attached hydrogen (secondary N) is 2. The molecule has 1 aliphatic heterocycles. The molecule has 1 saturated carbocycles. The van der Waals surface area contributed by atoms with Crippen LogP contribution >= 0.6 is 0 Å². The minimum atomic E-state index is 0.154. The van der Waals surface area contributed by atoms with Crippen molar-refractivity contribution in [2.45, 2.75) is 71.6 Å². The average molecular weight is 388 g/mol. The van der Waals surface area contributed by atoms with E-state index < -0.39 is 0 Å². The quantitative estimate of drug-likeness (QED) is 0.569. The number of hydrogen-bond acceptors (Lipinski definition) is 3. The first kappa shape index (κ1) is 21.0. The largest absolute Gasteiger partial charge is 0.490 e. The van der Waals surface area contributed by atoms with Crippen LogP contribution in [0.3, 0.4) is 0 Å². The summed E-state index contributed by atoms with van der Waals surface area (Å²) in [5.41, 5.74) is 1.33. The average Bonchev–Trinajstić information content (AvgIpc) is 2.65. The number of para-hydroxylation sites is 1. The van der Waals surface area contributed by atoms with Gasteiger partial charge in [-0.15, -0.1) is 0 Å². The Hall–Kier alpha value is -1.75. The molecule has 1 heterocycles. The Labute approximate surface area is 170 Å². The lowest BCUT2D eigenvalue weighted by Crippen LogP contribution is -2.47. The second-order valence-electron chi connectivity index (χ2n) is 9.14. The maximum atomic E-state index is 6.14. The van der Waals surface area contributed by atoms with E-state index in [0.717, 1.165) is 31.3 Å². The van der Waals surface area contributed by atoms with Crippen molar-refractivity contribution in [1.29, 1.82) is 0 Å². The number of hydrogen-bond donors (Lipinski definition) is 2. The van der Waals surface area contributed by atoms with E-state index >= 15 is 0 Å². The molecule has 0 spiro atoms. The molecule has 0 amide bonds. The van der Waals surface area contributed by atoms with Gasteiger partial charge in [0.05, 0.1) is 12.2 Å². The van der Waals surface area contributed by atoms with Crippen LogP contribution < -0.4 is 15.4 Å². The first-order chi connectivity index (χ1) is 13.5. The van der Waals surface area contributed by atoms with Gasteiger partial charge in [0.2, 0.25) is 0 Å². The lowest BCUT2D eigenvalue weighted by molar-refractivity contribution is -0.0835. The Balaban J connectivity index is 1.52. The molecule has 156 valence electrons. The number of ether oxygens (including phenoxy) is 2. The summed E-state index contributed by atoms with van der Waals surface area (Å²) < 4.78 is 12.2. The topological polar surface area (TPSA) is 54.9 Å². The summed E-state index contributed by atoms with van der Waals surface area (Å²) in [6.45, 7) is 9.25. The van der Waals surface area contributed by atoms with Crippen LogP contribution in [-0.2, 0) is 11.3 Å². The van der Waals surface area contributed by atoms with Gasteiger partial charge in [0.25, 0.3) is 0 Å². The monoisotopic (exact) mass is 387 g/mol. The van der Waals surface area contributed by atoms with Crippen molar-refractivity contribution < 1.29 is 9.47 Å². The van der Waals surface area contributed by atoms with Crippen molar-refractivity contribution in [1.82, 2.24) is 10.6 Å². The molecule has 2 aliphatic rings. The number of nitrogens with zero attached hydrogens (tertiary/aromatic N) is 1. The second-order valence-corrected chi connectivity index (χ2v) is 9.14. The van der Waals surface area contributed by atoms with Crippen molar-refractivity contribution in [3.8, 4) is 5.75 Å². The highest BCUT2D eigenvalue weighted by Crippen LogP contribution is 2.33. The molecule has 0 aromatic heterocycles. The molecule has 1 aliphatic carbocycles. The van der Waals surface area contributed by atoms with Crippen molar-refractivity contribution >= 4 is 5.96 Å². The zero-order chi connectivity index (χ0) is 20.0. The lowest BCUT2D eigenvalue weighted by atomic mass is 9.78. The maximum Gasteiger partial charge on any atom is 0.191 e. The number of aliphatic imine (C=N–C) groups is 1. The molecule has 5 nitrogen and oxygen atoms in total. The molecular weight excluding hydrogens is 350 g/mol. The maximum absolute atomic E-state index is 6.14. The van der Waals surface area contributed by atoms with Gasteiger partial charge in [0.1, 0.15) is 5.75 Å². The Morgan fingerprint density at radius 1 is 1.14 bits per heavy atom. The fourth-order valence-corrected chi connectivity index (χ4v) is 4.07. The fourth-order valence-electron chi connectivity index (χ4n) is 4.07. The van der Waals surface area contributed by atoms with Gasteiger partial charge in [0.15, 0.2) is 5.96 Å². The molecule has 2 fully saturated rings.